The highest BCUT2D eigenvalue weighted by molar-refractivity contribution is 6.16. The molecule has 1 N–H and O–H groups in total. The number of nitrogens with one attached hydrogen (secondary N) is 1. The monoisotopic (exact) mass is 265 g/mol. The summed E-state index contributed by atoms with van der Waals surface area (Å²) in [5, 5.41) is 0.884. The van der Waals surface area contributed by atoms with Gasteiger partial charge in [-0.05, 0) is 25.1 Å². The molecule has 0 aliphatic rings. The molecule has 2 aromatic carbocycles. The second-order valence-corrected chi connectivity index (χ2v) is 4.81. The van der Waals surface area contributed by atoms with Crippen LogP contribution < -0.4 is 4.74 Å². The first-order chi connectivity index (χ1) is 9.69. The number of hydrogen-bond acceptors (Lipinski definition) is 2. The van der Waals surface area contributed by atoms with Crippen LogP contribution in [0.3, 0.4) is 0 Å². The number of benzene rings is 2. The summed E-state index contributed by atoms with van der Waals surface area (Å²) in [6.07, 6.45) is 1.76. The van der Waals surface area contributed by atoms with E-state index in [2.05, 4.69) is 4.98 Å². The molecule has 3 rings (SSSR count). The number of aromatic nitrogens is 1. The van der Waals surface area contributed by atoms with Gasteiger partial charge < -0.3 is 9.72 Å². The summed E-state index contributed by atoms with van der Waals surface area (Å²) in [5.41, 5.74) is 3.44. The molecule has 0 fully saturated rings. The Balaban J connectivity index is 2.09. The summed E-state index contributed by atoms with van der Waals surface area (Å²) in [4.78, 5) is 15.7. The molecule has 3 heteroatoms. The Morgan fingerprint density at radius 1 is 1.10 bits per heavy atom. The number of hydrogen-bond donors (Lipinski definition) is 1. The largest absolute Gasteiger partial charge is 0.497 e. The van der Waals surface area contributed by atoms with Gasteiger partial charge in [0.25, 0.3) is 0 Å². The second kappa shape index (κ2) is 4.85. The third-order valence-corrected chi connectivity index (χ3v) is 3.45. The number of carbonyl (C=O) groups is 1. The summed E-state index contributed by atoms with van der Waals surface area (Å²) in [6, 6.07) is 13.3. The highest BCUT2D eigenvalue weighted by Gasteiger charge is 2.14. The number of carbonyl (C=O) groups excluding carboxylic acids is 1. The van der Waals surface area contributed by atoms with Crippen molar-refractivity contribution in [3.8, 4) is 5.75 Å². The van der Waals surface area contributed by atoms with Gasteiger partial charge in [0.2, 0.25) is 0 Å². The van der Waals surface area contributed by atoms with Crippen molar-refractivity contribution >= 4 is 16.7 Å². The quantitative estimate of drug-likeness (QED) is 0.733. The molecule has 0 amide bonds. The molecule has 0 aliphatic heterocycles. The minimum atomic E-state index is 0.0181. The molecular weight excluding hydrogens is 250 g/mol. The highest BCUT2D eigenvalue weighted by Crippen LogP contribution is 2.25. The molecule has 3 aromatic rings. The van der Waals surface area contributed by atoms with E-state index in [1.165, 1.54) is 0 Å². The van der Waals surface area contributed by atoms with Crippen molar-refractivity contribution in [1.82, 2.24) is 4.98 Å². The lowest BCUT2D eigenvalue weighted by Gasteiger charge is -2.02. The van der Waals surface area contributed by atoms with E-state index in [1.54, 1.807) is 13.3 Å². The van der Waals surface area contributed by atoms with E-state index in [4.69, 9.17) is 4.74 Å². The van der Waals surface area contributed by atoms with Crippen LogP contribution in [-0.4, -0.2) is 17.9 Å². The van der Waals surface area contributed by atoms with Crippen molar-refractivity contribution in [2.24, 2.45) is 0 Å². The summed E-state index contributed by atoms with van der Waals surface area (Å²) in [5.74, 6) is 0.763. The topological polar surface area (TPSA) is 42.1 Å². The number of ketones is 1. The molecule has 0 aliphatic carbocycles. The number of methoxy groups -OCH3 is 1. The smallest absolute Gasteiger partial charge is 0.195 e. The average Bonchev–Trinajstić information content (AvgIpc) is 2.90. The van der Waals surface area contributed by atoms with Gasteiger partial charge >= 0.3 is 0 Å². The predicted octanol–water partition coefficient (Wildman–Crippen LogP) is 3.72. The van der Waals surface area contributed by atoms with Crippen molar-refractivity contribution in [2.45, 2.75) is 6.92 Å². The van der Waals surface area contributed by atoms with Gasteiger partial charge in [-0.15, -0.1) is 0 Å². The third-order valence-electron chi connectivity index (χ3n) is 3.45. The zero-order valence-corrected chi connectivity index (χ0v) is 11.4. The van der Waals surface area contributed by atoms with E-state index >= 15 is 0 Å². The molecule has 0 unspecified atom stereocenters. The van der Waals surface area contributed by atoms with Crippen LogP contribution >= 0.6 is 0 Å². The zero-order chi connectivity index (χ0) is 14.1. The lowest BCUT2D eigenvalue weighted by atomic mass is 10.0. The van der Waals surface area contributed by atoms with Crippen LogP contribution in [-0.2, 0) is 0 Å². The fourth-order valence-electron chi connectivity index (χ4n) is 2.28. The first-order valence-corrected chi connectivity index (χ1v) is 6.45. The van der Waals surface area contributed by atoms with Crippen molar-refractivity contribution in [3.05, 3.63) is 65.4 Å². The van der Waals surface area contributed by atoms with Crippen LogP contribution in [0.4, 0.5) is 0 Å². The number of aryl methyl sites for hydroxylation is 1. The van der Waals surface area contributed by atoms with Crippen molar-refractivity contribution in [1.29, 1.82) is 0 Å². The van der Waals surface area contributed by atoms with Gasteiger partial charge in [0.15, 0.2) is 5.78 Å². The van der Waals surface area contributed by atoms with E-state index < -0.39 is 0 Å². The summed E-state index contributed by atoms with van der Waals surface area (Å²) < 4.78 is 5.22. The molecule has 1 aromatic heterocycles. The number of ether oxygens (including phenoxy) is 1. The molecule has 0 saturated heterocycles. The first kappa shape index (κ1) is 12.5. The van der Waals surface area contributed by atoms with E-state index in [0.717, 1.165) is 22.2 Å². The molecule has 20 heavy (non-hydrogen) atoms. The molecule has 0 atom stereocenters. The molecule has 0 saturated carbocycles. The SMILES string of the molecule is COc1ccc2[nH]cc(C(=O)c3ccc(C)cc3)c2c1. The van der Waals surface area contributed by atoms with Gasteiger partial charge in [0.05, 0.1) is 7.11 Å². The number of rotatable bonds is 3. The summed E-state index contributed by atoms with van der Waals surface area (Å²) in [7, 11) is 1.62. The van der Waals surface area contributed by atoms with Crippen LogP contribution in [0.5, 0.6) is 5.75 Å². The van der Waals surface area contributed by atoms with Crippen LogP contribution in [0.15, 0.2) is 48.7 Å². The number of aromatic amines is 1. The third kappa shape index (κ3) is 2.07. The lowest BCUT2D eigenvalue weighted by molar-refractivity contribution is 0.104. The summed E-state index contributed by atoms with van der Waals surface area (Å²) >= 11 is 0. The van der Waals surface area contributed by atoms with Crippen molar-refractivity contribution in [3.63, 3.8) is 0 Å². The van der Waals surface area contributed by atoms with Crippen LogP contribution in [0, 0.1) is 6.92 Å². The Morgan fingerprint density at radius 3 is 2.55 bits per heavy atom. The predicted molar refractivity (Wildman–Crippen MR) is 79.5 cm³/mol. The van der Waals surface area contributed by atoms with Crippen LogP contribution in [0.1, 0.15) is 21.5 Å². The van der Waals surface area contributed by atoms with Gasteiger partial charge in [-0.25, -0.2) is 0 Å². The molecule has 1 heterocycles. The number of H-pyrrole nitrogens is 1. The Hall–Kier alpha value is -2.55. The first-order valence-electron chi connectivity index (χ1n) is 6.45. The Labute approximate surface area is 117 Å². The van der Waals surface area contributed by atoms with Gasteiger partial charge in [-0.1, -0.05) is 29.8 Å². The Kier molecular flexibility index (Phi) is 3.03. The maximum Gasteiger partial charge on any atom is 0.195 e. The van der Waals surface area contributed by atoms with Gasteiger partial charge in [-0.3, -0.25) is 4.79 Å². The van der Waals surface area contributed by atoms with Gasteiger partial charge in [-0.2, -0.15) is 0 Å². The maximum atomic E-state index is 12.6. The normalized spacial score (nSPS) is 10.7. The lowest BCUT2D eigenvalue weighted by Crippen LogP contribution is -2.00. The molecular formula is C17H15NO2. The second-order valence-electron chi connectivity index (χ2n) is 4.81. The molecule has 100 valence electrons. The summed E-state index contributed by atoms with van der Waals surface area (Å²) in [6.45, 7) is 2.00. The fourth-order valence-corrected chi connectivity index (χ4v) is 2.28. The van der Waals surface area contributed by atoms with Gasteiger partial charge in [0, 0.05) is 28.2 Å². The Morgan fingerprint density at radius 2 is 1.85 bits per heavy atom. The zero-order valence-electron chi connectivity index (χ0n) is 11.4. The Bertz CT molecular complexity index is 769. The van der Waals surface area contributed by atoms with Gasteiger partial charge in [0.1, 0.15) is 5.75 Å². The highest BCUT2D eigenvalue weighted by atomic mass is 16.5. The fraction of sp³-hybridized carbons (Fsp3) is 0.118. The molecule has 3 nitrogen and oxygen atoms in total. The standard InChI is InChI=1S/C17H15NO2/c1-11-3-5-12(6-4-11)17(19)15-10-18-16-8-7-13(20-2)9-14(15)16/h3-10,18H,1-2H3. The van der Waals surface area contributed by atoms with Crippen molar-refractivity contribution in [2.75, 3.05) is 7.11 Å². The minimum Gasteiger partial charge on any atom is -0.497 e. The average molecular weight is 265 g/mol. The molecule has 0 bridgehead atoms. The maximum absolute atomic E-state index is 12.6. The van der Waals surface area contributed by atoms with Crippen LogP contribution in [0.2, 0.25) is 0 Å². The van der Waals surface area contributed by atoms with E-state index in [0.29, 0.717) is 11.1 Å². The van der Waals surface area contributed by atoms with Crippen molar-refractivity contribution < 1.29 is 9.53 Å². The molecule has 0 radical (unpaired) electrons. The van der Waals surface area contributed by atoms with E-state index in [9.17, 15) is 4.79 Å². The number of fused-ring (bicyclic) bond motifs is 1. The van der Waals surface area contributed by atoms with Crippen LogP contribution in [0.25, 0.3) is 10.9 Å². The molecule has 0 spiro atoms. The van der Waals surface area contributed by atoms with E-state index in [1.807, 2.05) is 49.4 Å². The van der Waals surface area contributed by atoms with E-state index in [-0.39, 0.29) is 5.78 Å². The minimum absolute atomic E-state index is 0.0181.